The molecule has 0 atom stereocenters. The molecule has 0 saturated heterocycles. The van der Waals surface area contributed by atoms with E-state index in [1.807, 2.05) is 0 Å². The van der Waals surface area contributed by atoms with Crippen LogP contribution in [0.3, 0.4) is 0 Å². The van der Waals surface area contributed by atoms with E-state index in [-0.39, 0.29) is 22.8 Å². The van der Waals surface area contributed by atoms with Crippen molar-refractivity contribution in [3.63, 3.8) is 0 Å². The summed E-state index contributed by atoms with van der Waals surface area (Å²) in [5.41, 5.74) is 0.654. The van der Waals surface area contributed by atoms with Crippen molar-refractivity contribution in [3.8, 4) is 5.75 Å². The second kappa shape index (κ2) is 5.16. The highest BCUT2D eigenvalue weighted by Crippen LogP contribution is 2.30. The molecule has 0 bridgehead atoms. The maximum Gasteiger partial charge on any atom is 0.241 e. The Morgan fingerprint density at radius 2 is 2.06 bits per heavy atom. The summed E-state index contributed by atoms with van der Waals surface area (Å²) in [6.45, 7) is 1.45. The van der Waals surface area contributed by atoms with E-state index in [9.17, 15) is 13.2 Å². The molecule has 0 aliphatic heterocycles. The predicted molar refractivity (Wildman–Crippen MR) is 66.5 cm³/mol. The Balaban J connectivity index is 3.40. The molecule has 94 valence electrons. The van der Waals surface area contributed by atoms with E-state index < -0.39 is 10.0 Å². The molecule has 1 aromatic rings. The first kappa shape index (κ1) is 14.1. The van der Waals surface area contributed by atoms with E-state index >= 15 is 0 Å². The van der Waals surface area contributed by atoms with Crippen LogP contribution in [-0.2, 0) is 21.2 Å². The summed E-state index contributed by atoms with van der Waals surface area (Å²) in [6, 6.07) is 2.83. The number of rotatable bonds is 4. The van der Waals surface area contributed by atoms with Crippen molar-refractivity contribution >= 4 is 31.7 Å². The van der Waals surface area contributed by atoms with Crippen molar-refractivity contribution in [3.05, 3.63) is 22.2 Å². The van der Waals surface area contributed by atoms with Gasteiger partial charge in [-0.3, -0.25) is 4.79 Å². The van der Waals surface area contributed by atoms with Gasteiger partial charge in [0.1, 0.15) is 16.4 Å². The van der Waals surface area contributed by atoms with Crippen LogP contribution in [-0.4, -0.2) is 21.3 Å². The van der Waals surface area contributed by atoms with E-state index in [0.717, 1.165) is 0 Å². The van der Waals surface area contributed by atoms with Crippen molar-refractivity contribution in [1.29, 1.82) is 0 Å². The molecular formula is C10H12BrNO4S. The largest absolute Gasteiger partial charge is 0.495 e. The van der Waals surface area contributed by atoms with Gasteiger partial charge in [0, 0.05) is 10.9 Å². The molecule has 0 aromatic heterocycles. The second-order valence-electron chi connectivity index (χ2n) is 3.52. The first-order valence-corrected chi connectivity index (χ1v) is 6.98. The highest BCUT2D eigenvalue weighted by atomic mass is 79.9. The molecular weight excluding hydrogens is 310 g/mol. The van der Waals surface area contributed by atoms with Crippen LogP contribution in [0.25, 0.3) is 0 Å². The fraction of sp³-hybridized carbons (Fsp3) is 0.300. The van der Waals surface area contributed by atoms with Crippen LogP contribution in [0.4, 0.5) is 0 Å². The van der Waals surface area contributed by atoms with E-state index in [1.54, 1.807) is 0 Å². The zero-order valence-electron chi connectivity index (χ0n) is 9.36. The van der Waals surface area contributed by atoms with Crippen molar-refractivity contribution in [2.24, 2.45) is 5.14 Å². The number of ketones is 1. The van der Waals surface area contributed by atoms with E-state index in [1.165, 1.54) is 26.2 Å². The van der Waals surface area contributed by atoms with Crippen molar-refractivity contribution in [2.45, 2.75) is 18.2 Å². The number of carbonyl (C=O) groups is 1. The second-order valence-corrected chi connectivity index (χ2v) is 5.90. The van der Waals surface area contributed by atoms with E-state index in [4.69, 9.17) is 9.88 Å². The molecule has 5 nitrogen and oxygen atoms in total. The summed E-state index contributed by atoms with van der Waals surface area (Å²) >= 11 is 3.20. The third-order valence-corrected chi connectivity index (χ3v) is 3.75. The topological polar surface area (TPSA) is 86.5 Å². The van der Waals surface area contributed by atoms with Gasteiger partial charge in [0.25, 0.3) is 0 Å². The Morgan fingerprint density at radius 3 is 2.47 bits per heavy atom. The smallest absolute Gasteiger partial charge is 0.241 e. The van der Waals surface area contributed by atoms with Crippen LogP contribution in [0, 0.1) is 0 Å². The maximum absolute atomic E-state index is 11.3. The van der Waals surface area contributed by atoms with Crippen LogP contribution < -0.4 is 9.88 Å². The minimum absolute atomic E-state index is 0.0314. The zero-order valence-corrected chi connectivity index (χ0v) is 11.8. The Labute approximate surface area is 108 Å². The summed E-state index contributed by atoms with van der Waals surface area (Å²) in [6.07, 6.45) is 0.196. The molecule has 2 N–H and O–H groups in total. The average molecular weight is 322 g/mol. The highest BCUT2D eigenvalue weighted by molar-refractivity contribution is 9.10. The first-order chi connectivity index (χ1) is 7.75. The number of carbonyl (C=O) groups excluding carboxylic acids is 1. The Morgan fingerprint density at radius 1 is 1.47 bits per heavy atom. The normalized spacial score (nSPS) is 11.3. The van der Waals surface area contributed by atoms with Gasteiger partial charge in [0.2, 0.25) is 10.0 Å². The molecule has 7 heteroatoms. The van der Waals surface area contributed by atoms with Crippen LogP contribution in [0.15, 0.2) is 21.5 Å². The molecule has 0 aliphatic rings. The zero-order chi connectivity index (χ0) is 13.2. The van der Waals surface area contributed by atoms with E-state index in [0.29, 0.717) is 10.0 Å². The molecule has 0 spiro atoms. The van der Waals surface area contributed by atoms with Crippen LogP contribution in [0.1, 0.15) is 12.5 Å². The molecule has 17 heavy (non-hydrogen) atoms. The average Bonchev–Trinajstić information content (AvgIpc) is 2.18. The third-order valence-electron chi connectivity index (χ3n) is 2.08. The minimum Gasteiger partial charge on any atom is -0.495 e. The van der Waals surface area contributed by atoms with Crippen molar-refractivity contribution in [2.75, 3.05) is 7.11 Å². The molecule has 0 aliphatic carbocycles. The van der Waals surface area contributed by atoms with Gasteiger partial charge in [0.15, 0.2) is 0 Å². The van der Waals surface area contributed by atoms with Gasteiger partial charge in [-0.25, -0.2) is 13.6 Å². The highest BCUT2D eigenvalue weighted by Gasteiger charge is 2.18. The van der Waals surface area contributed by atoms with E-state index in [2.05, 4.69) is 15.9 Å². The van der Waals surface area contributed by atoms with Crippen LogP contribution in [0.5, 0.6) is 5.75 Å². The number of hydrogen-bond acceptors (Lipinski definition) is 4. The summed E-state index contributed by atoms with van der Waals surface area (Å²) in [4.78, 5) is 10.9. The quantitative estimate of drug-likeness (QED) is 0.903. The molecule has 1 aromatic carbocycles. The molecule has 0 fully saturated rings. The van der Waals surface area contributed by atoms with Gasteiger partial charge in [-0.2, -0.15) is 0 Å². The van der Waals surface area contributed by atoms with Crippen LogP contribution >= 0.6 is 15.9 Å². The lowest BCUT2D eigenvalue weighted by Gasteiger charge is -2.10. The monoisotopic (exact) mass is 321 g/mol. The maximum atomic E-state index is 11.3. The van der Waals surface area contributed by atoms with Gasteiger partial charge in [-0.1, -0.05) is 15.9 Å². The number of hydrogen-bond donors (Lipinski definition) is 1. The first-order valence-electron chi connectivity index (χ1n) is 4.64. The molecule has 0 heterocycles. The summed E-state index contributed by atoms with van der Waals surface area (Å²) in [7, 11) is -2.51. The lowest BCUT2D eigenvalue weighted by molar-refractivity contribution is -0.116. The minimum atomic E-state index is -3.85. The molecule has 1 rings (SSSR count). The third kappa shape index (κ3) is 3.52. The summed E-state index contributed by atoms with van der Waals surface area (Å²) < 4.78 is 28.1. The number of ether oxygens (including phenoxy) is 1. The number of nitrogens with two attached hydrogens (primary N) is 1. The standard InChI is InChI=1S/C10H12BrNO4S/c1-6(13)3-7-4-9(16-2)10(5-8(7)11)17(12,14)15/h4-5H,3H2,1-2H3,(H2,12,14,15). The Kier molecular flexibility index (Phi) is 4.29. The van der Waals surface area contributed by atoms with Crippen molar-refractivity contribution < 1.29 is 17.9 Å². The van der Waals surface area contributed by atoms with Gasteiger partial charge in [0.05, 0.1) is 7.11 Å². The molecule has 0 radical (unpaired) electrons. The van der Waals surface area contributed by atoms with Gasteiger partial charge in [-0.15, -0.1) is 0 Å². The fourth-order valence-corrected chi connectivity index (χ4v) is 2.70. The molecule has 0 unspecified atom stereocenters. The molecule has 0 saturated carbocycles. The number of Topliss-reactive ketones (excluding diaryl/α,β-unsaturated/α-hetero) is 1. The lowest BCUT2D eigenvalue weighted by Crippen LogP contribution is -2.14. The Hall–Kier alpha value is -0.920. The lowest BCUT2D eigenvalue weighted by atomic mass is 10.1. The SMILES string of the molecule is COc1cc(CC(C)=O)c(Br)cc1S(N)(=O)=O. The molecule has 0 amide bonds. The van der Waals surface area contributed by atoms with Crippen molar-refractivity contribution in [1.82, 2.24) is 0 Å². The number of methoxy groups -OCH3 is 1. The number of halogens is 1. The van der Waals surface area contributed by atoms with Gasteiger partial charge < -0.3 is 4.74 Å². The Bertz CT molecular complexity index is 554. The number of sulfonamides is 1. The summed E-state index contributed by atoms with van der Waals surface area (Å²) in [5.74, 6) is 0.100. The number of benzene rings is 1. The van der Waals surface area contributed by atoms with Gasteiger partial charge >= 0.3 is 0 Å². The predicted octanol–water partition coefficient (Wildman–Crippen LogP) is 1.24. The van der Waals surface area contributed by atoms with Gasteiger partial charge in [-0.05, 0) is 24.6 Å². The fourth-order valence-electron chi connectivity index (χ4n) is 1.36. The number of primary sulfonamides is 1. The van der Waals surface area contributed by atoms with Crippen LogP contribution in [0.2, 0.25) is 0 Å². The summed E-state index contributed by atoms with van der Waals surface area (Å²) in [5, 5.41) is 5.06.